The summed E-state index contributed by atoms with van der Waals surface area (Å²) in [5.74, 6) is -0.518. The molecule has 0 atom stereocenters. The molecule has 1 aromatic carbocycles. The van der Waals surface area contributed by atoms with Crippen LogP contribution in [0, 0.1) is 0 Å². The van der Waals surface area contributed by atoms with Gasteiger partial charge in [0.25, 0.3) is 6.43 Å². The van der Waals surface area contributed by atoms with Crippen LogP contribution in [0.4, 0.5) is 27.6 Å². The molecule has 0 radical (unpaired) electrons. The van der Waals surface area contributed by atoms with E-state index >= 15 is 0 Å². The van der Waals surface area contributed by atoms with E-state index < -0.39 is 29.8 Å². The minimum atomic E-state index is -4.45. The van der Waals surface area contributed by atoms with Gasteiger partial charge in [0.15, 0.2) is 0 Å². The molecule has 1 saturated carbocycles. The molecule has 1 amide bonds. The van der Waals surface area contributed by atoms with Crippen molar-refractivity contribution in [2.24, 2.45) is 0 Å². The van der Waals surface area contributed by atoms with E-state index in [9.17, 15) is 26.7 Å². The van der Waals surface area contributed by atoms with Crippen LogP contribution in [0.2, 0.25) is 5.02 Å². The van der Waals surface area contributed by atoms with E-state index in [1.807, 2.05) is 0 Å². The van der Waals surface area contributed by atoms with E-state index in [0.29, 0.717) is 16.9 Å². The molecule has 32 heavy (non-hydrogen) atoms. The quantitative estimate of drug-likeness (QED) is 0.476. The Labute approximate surface area is 184 Å². The van der Waals surface area contributed by atoms with Crippen molar-refractivity contribution in [3.63, 3.8) is 0 Å². The third-order valence-corrected chi connectivity index (χ3v) is 5.32. The molecule has 4 rings (SSSR count). The molecular weight excluding hydrogens is 457 g/mol. The van der Waals surface area contributed by atoms with Gasteiger partial charge < -0.3 is 5.32 Å². The van der Waals surface area contributed by atoms with Crippen molar-refractivity contribution in [2.75, 3.05) is 5.32 Å². The zero-order valence-corrected chi connectivity index (χ0v) is 17.2. The number of alkyl halides is 5. The fourth-order valence-electron chi connectivity index (χ4n) is 3.36. The first kappa shape index (κ1) is 22.3. The molecule has 12 heteroatoms. The van der Waals surface area contributed by atoms with Gasteiger partial charge in [-0.15, -0.1) is 0 Å². The van der Waals surface area contributed by atoms with Crippen LogP contribution >= 0.6 is 11.6 Å². The Balaban J connectivity index is 1.42. The molecule has 0 unspecified atom stereocenters. The number of hydrogen-bond donors (Lipinski definition) is 1. The third-order valence-electron chi connectivity index (χ3n) is 4.94. The topological polar surface area (TPSA) is 64.7 Å². The molecule has 1 aliphatic rings. The Morgan fingerprint density at radius 2 is 2.03 bits per heavy atom. The predicted molar refractivity (Wildman–Crippen MR) is 106 cm³/mol. The molecule has 1 N–H and O–H groups in total. The normalized spacial score (nSPS) is 14.2. The SMILES string of the molecule is O=C(Cn1nc(C(F)F)c(Cl)c1C1CC1)Nc1cnn(Cc2cccc(C(F)(F)F)c2)c1. The summed E-state index contributed by atoms with van der Waals surface area (Å²) in [5.41, 5.74) is -0.182. The maximum Gasteiger partial charge on any atom is 0.416 e. The summed E-state index contributed by atoms with van der Waals surface area (Å²) >= 11 is 6.04. The summed E-state index contributed by atoms with van der Waals surface area (Å²) in [6.45, 7) is -0.241. The average molecular weight is 474 g/mol. The molecule has 2 heterocycles. The van der Waals surface area contributed by atoms with Crippen molar-refractivity contribution < 1.29 is 26.7 Å². The van der Waals surface area contributed by atoms with Gasteiger partial charge in [-0.2, -0.15) is 23.4 Å². The van der Waals surface area contributed by atoms with Crippen LogP contribution < -0.4 is 5.32 Å². The summed E-state index contributed by atoms with van der Waals surface area (Å²) in [6, 6.07) is 4.86. The van der Waals surface area contributed by atoms with Crippen LogP contribution in [0.3, 0.4) is 0 Å². The summed E-state index contributed by atoms with van der Waals surface area (Å²) in [7, 11) is 0. The van der Waals surface area contributed by atoms with Gasteiger partial charge in [-0.05, 0) is 30.5 Å². The van der Waals surface area contributed by atoms with E-state index in [0.717, 1.165) is 25.0 Å². The molecule has 6 nitrogen and oxygen atoms in total. The van der Waals surface area contributed by atoms with E-state index in [2.05, 4.69) is 15.5 Å². The van der Waals surface area contributed by atoms with Gasteiger partial charge in [0.1, 0.15) is 12.2 Å². The first-order valence-electron chi connectivity index (χ1n) is 9.64. The van der Waals surface area contributed by atoms with Gasteiger partial charge in [0.2, 0.25) is 5.91 Å². The monoisotopic (exact) mass is 473 g/mol. The molecule has 170 valence electrons. The molecule has 2 aromatic heterocycles. The average Bonchev–Trinajstić information content (AvgIpc) is 3.36. The van der Waals surface area contributed by atoms with Crippen LogP contribution in [0.25, 0.3) is 0 Å². The summed E-state index contributed by atoms with van der Waals surface area (Å²) in [6.07, 6.45) is -2.92. The number of hydrogen-bond acceptors (Lipinski definition) is 3. The molecule has 1 fully saturated rings. The Morgan fingerprint density at radius 1 is 1.28 bits per heavy atom. The zero-order valence-electron chi connectivity index (χ0n) is 16.4. The van der Waals surface area contributed by atoms with Crippen molar-refractivity contribution >= 4 is 23.2 Å². The molecule has 0 aliphatic heterocycles. The highest BCUT2D eigenvalue weighted by molar-refractivity contribution is 6.32. The Bertz CT molecular complexity index is 1140. The zero-order chi connectivity index (χ0) is 23.0. The fraction of sp³-hybridized carbons (Fsp3) is 0.350. The lowest BCUT2D eigenvalue weighted by molar-refractivity contribution is -0.137. The van der Waals surface area contributed by atoms with Crippen molar-refractivity contribution in [1.82, 2.24) is 19.6 Å². The van der Waals surface area contributed by atoms with E-state index in [1.165, 1.54) is 33.9 Å². The third kappa shape index (κ3) is 4.93. The highest BCUT2D eigenvalue weighted by Gasteiger charge is 2.34. The van der Waals surface area contributed by atoms with Gasteiger partial charge in [-0.1, -0.05) is 23.7 Å². The maximum atomic E-state index is 13.1. The predicted octanol–water partition coefficient (Wildman–Crippen LogP) is 5.25. The van der Waals surface area contributed by atoms with Gasteiger partial charge in [-0.25, -0.2) is 8.78 Å². The number of aromatic nitrogens is 4. The summed E-state index contributed by atoms with van der Waals surface area (Å²) < 4.78 is 67.4. The molecule has 0 bridgehead atoms. The largest absolute Gasteiger partial charge is 0.416 e. The molecular formula is C20H17ClF5N5O. The van der Waals surface area contributed by atoms with Crippen LogP contribution in [0.15, 0.2) is 36.7 Å². The number of nitrogens with zero attached hydrogens (tertiary/aromatic N) is 4. The Morgan fingerprint density at radius 3 is 2.69 bits per heavy atom. The van der Waals surface area contributed by atoms with Crippen molar-refractivity contribution in [2.45, 2.75) is 44.5 Å². The van der Waals surface area contributed by atoms with Crippen LogP contribution in [-0.2, 0) is 24.1 Å². The first-order valence-corrected chi connectivity index (χ1v) is 10.0. The van der Waals surface area contributed by atoms with Crippen LogP contribution in [0.1, 0.15) is 47.7 Å². The highest BCUT2D eigenvalue weighted by atomic mass is 35.5. The Hall–Kier alpha value is -2.95. The Kier molecular flexibility index (Phi) is 5.93. The number of rotatable bonds is 7. The standard InChI is InChI=1S/C20H17ClF5N5O/c21-16-17(19(22)23)29-31(18(16)12-4-5-12)10-15(32)28-14-7-27-30(9-14)8-11-2-1-3-13(6-11)20(24,25)26/h1-3,6-7,9,12,19H,4-5,8,10H2,(H,28,32). The van der Waals surface area contributed by atoms with Gasteiger partial charge in [-0.3, -0.25) is 14.2 Å². The summed E-state index contributed by atoms with van der Waals surface area (Å²) in [5, 5.41) is 10.3. The number of carbonyl (C=O) groups excluding carboxylic acids is 1. The second kappa shape index (κ2) is 8.53. The lowest BCUT2D eigenvalue weighted by Gasteiger charge is -2.09. The van der Waals surface area contributed by atoms with Gasteiger partial charge in [0, 0.05) is 12.1 Å². The van der Waals surface area contributed by atoms with Crippen molar-refractivity contribution in [3.8, 4) is 0 Å². The second-order valence-electron chi connectivity index (χ2n) is 7.49. The van der Waals surface area contributed by atoms with Crippen molar-refractivity contribution in [1.29, 1.82) is 0 Å². The number of nitrogens with one attached hydrogen (secondary N) is 1. The lowest BCUT2D eigenvalue weighted by Crippen LogP contribution is -2.20. The van der Waals surface area contributed by atoms with Crippen LogP contribution in [0.5, 0.6) is 0 Å². The summed E-state index contributed by atoms with van der Waals surface area (Å²) in [4.78, 5) is 12.4. The minimum absolute atomic E-state index is 0.00510. The number of amides is 1. The first-order chi connectivity index (χ1) is 15.1. The second-order valence-corrected chi connectivity index (χ2v) is 7.87. The van der Waals surface area contributed by atoms with E-state index in [1.54, 1.807) is 0 Å². The van der Waals surface area contributed by atoms with E-state index in [4.69, 9.17) is 11.6 Å². The van der Waals surface area contributed by atoms with Crippen LogP contribution in [-0.4, -0.2) is 25.5 Å². The van der Waals surface area contributed by atoms with Gasteiger partial charge in [0.05, 0.1) is 34.7 Å². The number of anilines is 1. The minimum Gasteiger partial charge on any atom is -0.322 e. The number of halogens is 6. The fourth-order valence-corrected chi connectivity index (χ4v) is 3.74. The molecule has 3 aromatic rings. The molecule has 1 aliphatic carbocycles. The number of benzene rings is 1. The smallest absolute Gasteiger partial charge is 0.322 e. The molecule has 0 saturated heterocycles. The lowest BCUT2D eigenvalue weighted by atomic mass is 10.1. The highest BCUT2D eigenvalue weighted by Crippen LogP contribution is 2.45. The number of carbonyl (C=O) groups is 1. The van der Waals surface area contributed by atoms with E-state index in [-0.39, 0.29) is 24.0 Å². The van der Waals surface area contributed by atoms with Gasteiger partial charge >= 0.3 is 6.18 Å². The maximum absolute atomic E-state index is 13.1. The van der Waals surface area contributed by atoms with Crippen molar-refractivity contribution in [3.05, 3.63) is 64.2 Å². The molecule has 0 spiro atoms.